The number of likely N-dealkylation sites (N-methyl/N-ethyl adjacent to an activating group) is 1. The summed E-state index contributed by atoms with van der Waals surface area (Å²) >= 11 is 0. The Balaban J connectivity index is 1.31. The summed E-state index contributed by atoms with van der Waals surface area (Å²) in [5.41, 5.74) is 2.75. The molecule has 3 N–H and O–H groups in total. The minimum Gasteiger partial charge on any atom is -0.436 e. The molecule has 0 spiro atoms. The Morgan fingerprint density at radius 1 is 1.09 bits per heavy atom. The first-order valence-corrected chi connectivity index (χ1v) is 12.1. The van der Waals surface area contributed by atoms with Crippen LogP contribution in [-0.4, -0.2) is 63.3 Å². The molecule has 9 nitrogen and oxygen atoms in total. The molecule has 0 bridgehead atoms. The number of fused-ring (bicyclic) bond motifs is 1. The van der Waals surface area contributed by atoms with Crippen molar-refractivity contribution in [3.63, 3.8) is 0 Å². The zero-order valence-corrected chi connectivity index (χ0v) is 19.9. The molecule has 1 saturated heterocycles. The molecule has 3 aromatic heterocycles. The lowest BCUT2D eigenvalue weighted by Gasteiger charge is -2.33. The van der Waals surface area contributed by atoms with E-state index in [9.17, 15) is 0 Å². The van der Waals surface area contributed by atoms with Gasteiger partial charge in [0.2, 0.25) is 11.8 Å². The number of nitrogens with zero attached hydrogens (tertiary/aromatic N) is 5. The van der Waals surface area contributed by atoms with Gasteiger partial charge in [-0.3, -0.25) is 5.10 Å². The zero-order chi connectivity index (χ0) is 23.9. The van der Waals surface area contributed by atoms with E-state index in [1.165, 1.54) is 19.3 Å². The molecule has 2 aliphatic rings. The van der Waals surface area contributed by atoms with Crippen LogP contribution in [0.25, 0.3) is 10.9 Å². The van der Waals surface area contributed by atoms with E-state index < -0.39 is 5.82 Å². The van der Waals surface area contributed by atoms with Crippen molar-refractivity contribution in [2.45, 2.75) is 32.1 Å². The number of anilines is 3. The van der Waals surface area contributed by atoms with E-state index in [-0.39, 0.29) is 11.6 Å². The van der Waals surface area contributed by atoms with E-state index >= 15 is 4.39 Å². The molecule has 4 heterocycles. The summed E-state index contributed by atoms with van der Waals surface area (Å²) in [6.45, 7) is 5.44. The number of aryl methyl sites for hydroxylation is 1. The zero-order valence-electron chi connectivity index (χ0n) is 19.9. The monoisotopic (exact) mass is 476 g/mol. The van der Waals surface area contributed by atoms with Crippen LogP contribution in [0.2, 0.25) is 0 Å². The van der Waals surface area contributed by atoms with Crippen molar-refractivity contribution in [1.82, 2.24) is 30.0 Å². The Morgan fingerprint density at radius 3 is 2.69 bits per heavy atom. The van der Waals surface area contributed by atoms with Crippen LogP contribution in [0, 0.1) is 12.7 Å². The Morgan fingerprint density at radius 2 is 1.91 bits per heavy atom. The van der Waals surface area contributed by atoms with Crippen LogP contribution < -0.4 is 15.0 Å². The van der Waals surface area contributed by atoms with E-state index in [2.05, 4.69) is 42.3 Å². The fourth-order valence-electron chi connectivity index (χ4n) is 4.64. The topological polar surface area (TPSA) is 98.0 Å². The summed E-state index contributed by atoms with van der Waals surface area (Å²) in [6, 6.07) is 8.99. The number of aromatic nitrogens is 5. The molecule has 182 valence electrons. The van der Waals surface area contributed by atoms with Gasteiger partial charge < -0.3 is 24.8 Å². The van der Waals surface area contributed by atoms with Crippen LogP contribution in [0.1, 0.15) is 36.6 Å². The molecule has 10 heteroatoms. The highest BCUT2D eigenvalue weighted by Gasteiger charge is 2.23. The maximum absolute atomic E-state index is 15.2. The highest BCUT2D eigenvalue weighted by molar-refractivity contribution is 5.82. The molecule has 0 unspecified atom stereocenters. The van der Waals surface area contributed by atoms with Crippen molar-refractivity contribution in [1.29, 1.82) is 0 Å². The highest BCUT2D eigenvalue weighted by Crippen LogP contribution is 2.36. The fourth-order valence-corrected chi connectivity index (χ4v) is 4.64. The van der Waals surface area contributed by atoms with Gasteiger partial charge in [0.1, 0.15) is 5.82 Å². The maximum Gasteiger partial charge on any atom is 0.233 e. The van der Waals surface area contributed by atoms with Gasteiger partial charge in [-0.1, -0.05) is 6.42 Å². The highest BCUT2D eigenvalue weighted by atomic mass is 19.1. The number of H-pyrrole nitrogens is 2. The van der Waals surface area contributed by atoms with Gasteiger partial charge in [0.05, 0.1) is 0 Å². The lowest BCUT2D eigenvalue weighted by molar-refractivity contribution is 0.312. The van der Waals surface area contributed by atoms with Crippen LogP contribution in [0.3, 0.4) is 0 Å². The minimum absolute atomic E-state index is 0.123. The molecule has 4 aromatic rings. The number of halogens is 1. The second-order valence-electron chi connectivity index (χ2n) is 9.53. The SMILES string of the molecule is Cc1cc2c(F)c(Oc3cc(N4CCN(C)CC4)nc(Nc4cc(C5CCC5)[nH]n4)n3)ccc2[nH]1. The Hall–Kier alpha value is -3.66. The molecular formula is C25H29FN8O. The van der Waals surface area contributed by atoms with Gasteiger partial charge in [-0.05, 0) is 45.0 Å². The number of piperazine rings is 1. The van der Waals surface area contributed by atoms with Crippen molar-refractivity contribution >= 4 is 28.5 Å². The number of rotatable bonds is 6. The number of nitrogens with one attached hydrogen (secondary N) is 3. The number of ether oxygens (including phenoxy) is 1. The van der Waals surface area contributed by atoms with E-state index in [4.69, 9.17) is 9.72 Å². The molecule has 2 fully saturated rings. The fraction of sp³-hybridized carbons (Fsp3) is 0.400. The Labute approximate surface area is 202 Å². The Bertz CT molecular complexity index is 1350. The maximum atomic E-state index is 15.2. The smallest absolute Gasteiger partial charge is 0.233 e. The van der Waals surface area contributed by atoms with Crippen LogP contribution in [0.5, 0.6) is 11.6 Å². The molecule has 35 heavy (non-hydrogen) atoms. The summed E-state index contributed by atoms with van der Waals surface area (Å²) in [4.78, 5) is 16.9. The van der Waals surface area contributed by atoms with Gasteiger partial charge in [-0.25, -0.2) is 4.39 Å². The van der Waals surface area contributed by atoms with Gasteiger partial charge in [-0.2, -0.15) is 15.1 Å². The van der Waals surface area contributed by atoms with E-state index in [0.29, 0.717) is 23.1 Å². The molecule has 6 rings (SSSR count). The molecule has 1 saturated carbocycles. The standard InChI is InChI=1S/C25H29FN8O/c1-15-12-17-18(27-15)6-7-20(24(17)26)35-23-14-22(34-10-8-33(2)9-11-34)29-25(30-23)28-21-13-19(31-32-21)16-4-3-5-16/h6-7,12-14,16,27H,3-5,8-11H2,1-2H3,(H2,28,29,30,31,32). The lowest BCUT2D eigenvalue weighted by Crippen LogP contribution is -2.44. The van der Waals surface area contributed by atoms with E-state index in [0.717, 1.165) is 48.9 Å². The van der Waals surface area contributed by atoms with Crippen molar-refractivity contribution in [3.05, 3.63) is 47.5 Å². The van der Waals surface area contributed by atoms with E-state index in [1.807, 2.05) is 19.1 Å². The lowest BCUT2D eigenvalue weighted by atomic mass is 9.83. The molecule has 0 amide bonds. The van der Waals surface area contributed by atoms with Crippen LogP contribution in [-0.2, 0) is 0 Å². The van der Waals surface area contributed by atoms with E-state index in [1.54, 1.807) is 18.2 Å². The van der Waals surface area contributed by atoms with Gasteiger partial charge in [0.25, 0.3) is 0 Å². The van der Waals surface area contributed by atoms with Crippen molar-refractivity contribution in [3.8, 4) is 11.6 Å². The quantitative estimate of drug-likeness (QED) is 0.372. The molecular weight excluding hydrogens is 447 g/mol. The van der Waals surface area contributed by atoms with Gasteiger partial charge >= 0.3 is 0 Å². The largest absolute Gasteiger partial charge is 0.436 e. The predicted octanol–water partition coefficient (Wildman–Crippen LogP) is 4.68. The third-order valence-corrected chi connectivity index (χ3v) is 6.95. The van der Waals surface area contributed by atoms with Crippen LogP contribution >= 0.6 is 0 Å². The summed E-state index contributed by atoms with van der Waals surface area (Å²) in [7, 11) is 2.11. The van der Waals surface area contributed by atoms with Crippen molar-refractivity contribution in [2.75, 3.05) is 43.4 Å². The first-order chi connectivity index (χ1) is 17.0. The molecule has 0 atom stereocenters. The Kier molecular flexibility index (Phi) is 5.52. The summed E-state index contributed by atoms with van der Waals surface area (Å²) < 4.78 is 21.2. The predicted molar refractivity (Wildman–Crippen MR) is 133 cm³/mol. The summed E-state index contributed by atoms with van der Waals surface area (Å²) in [5.74, 6) is 2.28. The van der Waals surface area contributed by atoms with Gasteiger partial charge in [0.15, 0.2) is 17.4 Å². The number of hydrogen-bond acceptors (Lipinski definition) is 7. The molecule has 0 radical (unpaired) electrons. The normalized spacial score (nSPS) is 17.1. The average molecular weight is 477 g/mol. The first kappa shape index (κ1) is 21.8. The van der Waals surface area contributed by atoms with Crippen molar-refractivity contribution < 1.29 is 9.13 Å². The van der Waals surface area contributed by atoms with Crippen LogP contribution in [0.15, 0.2) is 30.3 Å². The molecule has 1 aliphatic heterocycles. The van der Waals surface area contributed by atoms with Crippen molar-refractivity contribution in [2.24, 2.45) is 0 Å². The third-order valence-electron chi connectivity index (χ3n) is 6.95. The number of hydrogen-bond donors (Lipinski definition) is 3. The second-order valence-corrected chi connectivity index (χ2v) is 9.53. The van der Waals surface area contributed by atoms with Gasteiger partial charge in [0, 0.05) is 66.5 Å². The minimum atomic E-state index is -0.418. The molecule has 1 aromatic carbocycles. The molecule has 1 aliphatic carbocycles. The summed E-state index contributed by atoms with van der Waals surface area (Å²) in [5, 5.41) is 11.2. The first-order valence-electron chi connectivity index (χ1n) is 12.1. The summed E-state index contributed by atoms with van der Waals surface area (Å²) in [6.07, 6.45) is 3.63. The van der Waals surface area contributed by atoms with Crippen LogP contribution in [0.4, 0.5) is 22.0 Å². The number of benzene rings is 1. The average Bonchev–Trinajstić information content (AvgIpc) is 3.41. The number of aromatic amines is 2. The van der Waals surface area contributed by atoms with Gasteiger partial charge in [-0.15, -0.1) is 0 Å². The third kappa shape index (κ3) is 4.41. The second kappa shape index (κ2) is 8.84.